The number of rotatable bonds is 7. The van der Waals surface area contributed by atoms with Crippen molar-refractivity contribution in [2.75, 3.05) is 19.6 Å². The minimum Gasteiger partial charge on any atom is -0.313 e. The van der Waals surface area contributed by atoms with Gasteiger partial charge < -0.3 is 5.32 Å². The van der Waals surface area contributed by atoms with Crippen molar-refractivity contribution in [1.29, 1.82) is 0 Å². The number of aromatic nitrogens is 2. The molecule has 1 aromatic heterocycles. The predicted octanol–water partition coefficient (Wildman–Crippen LogP) is 2.08. The lowest BCUT2D eigenvalue weighted by Crippen LogP contribution is -2.37. The molecule has 1 fully saturated rings. The molecule has 0 aliphatic carbocycles. The van der Waals surface area contributed by atoms with E-state index >= 15 is 0 Å². The van der Waals surface area contributed by atoms with Crippen LogP contribution in [0.4, 0.5) is 0 Å². The second-order valence-corrected chi connectivity index (χ2v) is 5.76. The highest BCUT2D eigenvalue weighted by molar-refractivity contribution is 5.15. The number of unbranched alkanes of at least 4 members (excludes halogenated alkanes) is 1. The fourth-order valence-corrected chi connectivity index (χ4v) is 2.78. The van der Waals surface area contributed by atoms with Crippen LogP contribution in [0.3, 0.4) is 0 Å². The molecule has 1 aliphatic rings. The van der Waals surface area contributed by atoms with Crippen molar-refractivity contribution in [1.82, 2.24) is 20.0 Å². The SMILES string of the molecule is CCCCN(Cc1cnn(C)c1C)CC1CCCN1. The molecular formula is C15H28N4. The van der Waals surface area contributed by atoms with Gasteiger partial charge in [0.1, 0.15) is 0 Å². The molecule has 4 nitrogen and oxygen atoms in total. The fraction of sp³-hybridized carbons (Fsp3) is 0.800. The zero-order chi connectivity index (χ0) is 13.7. The van der Waals surface area contributed by atoms with Crippen molar-refractivity contribution < 1.29 is 0 Å². The Morgan fingerprint density at radius 3 is 2.95 bits per heavy atom. The highest BCUT2D eigenvalue weighted by atomic mass is 15.3. The lowest BCUT2D eigenvalue weighted by atomic mass is 10.1. The van der Waals surface area contributed by atoms with E-state index in [2.05, 4.69) is 29.2 Å². The smallest absolute Gasteiger partial charge is 0.0537 e. The second kappa shape index (κ2) is 7.06. The maximum Gasteiger partial charge on any atom is 0.0537 e. The van der Waals surface area contributed by atoms with Crippen LogP contribution in [-0.2, 0) is 13.6 Å². The third kappa shape index (κ3) is 4.05. The molecule has 0 saturated carbocycles. The first kappa shape index (κ1) is 14.5. The first-order valence-corrected chi connectivity index (χ1v) is 7.64. The van der Waals surface area contributed by atoms with Crippen LogP contribution in [0, 0.1) is 6.92 Å². The zero-order valence-corrected chi connectivity index (χ0v) is 12.7. The molecule has 2 heterocycles. The van der Waals surface area contributed by atoms with Crippen molar-refractivity contribution in [2.45, 2.75) is 52.1 Å². The van der Waals surface area contributed by atoms with E-state index in [9.17, 15) is 0 Å². The number of nitrogens with one attached hydrogen (secondary N) is 1. The molecule has 1 atom stereocenters. The van der Waals surface area contributed by atoms with Gasteiger partial charge in [-0.2, -0.15) is 5.10 Å². The summed E-state index contributed by atoms with van der Waals surface area (Å²) < 4.78 is 1.97. The topological polar surface area (TPSA) is 33.1 Å². The van der Waals surface area contributed by atoms with Crippen LogP contribution in [0.5, 0.6) is 0 Å². The maximum atomic E-state index is 4.36. The Balaban J connectivity index is 1.94. The highest BCUT2D eigenvalue weighted by Gasteiger charge is 2.18. The standard InChI is InChI=1S/C15H28N4/c1-4-5-9-19(12-15-7-6-8-16-15)11-14-10-17-18(3)13(14)2/h10,15-16H,4-9,11-12H2,1-3H3. The molecule has 1 unspecified atom stereocenters. The summed E-state index contributed by atoms with van der Waals surface area (Å²) in [4.78, 5) is 2.59. The minimum absolute atomic E-state index is 0.689. The van der Waals surface area contributed by atoms with Gasteiger partial charge in [0.15, 0.2) is 0 Å². The lowest BCUT2D eigenvalue weighted by molar-refractivity contribution is 0.237. The van der Waals surface area contributed by atoms with Gasteiger partial charge >= 0.3 is 0 Å². The normalized spacial score (nSPS) is 19.5. The maximum absolute atomic E-state index is 4.36. The average molecular weight is 264 g/mol. The van der Waals surface area contributed by atoms with Crippen molar-refractivity contribution in [3.05, 3.63) is 17.5 Å². The van der Waals surface area contributed by atoms with Crippen molar-refractivity contribution in [3.63, 3.8) is 0 Å². The summed E-state index contributed by atoms with van der Waals surface area (Å²) >= 11 is 0. The average Bonchev–Trinajstić information content (AvgIpc) is 3.01. The number of aryl methyl sites for hydroxylation is 1. The molecule has 1 aromatic rings. The molecule has 0 aromatic carbocycles. The zero-order valence-electron chi connectivity index (χ0n) is 12.7. The molecule has 2 rings (SSSR count). The Labute approximate surface area is 117 Å². The quantitative estimate of drug-likeness (QED) is 0.818. The third-order valence-electron chi connectivity index (χ3n) is 4.20. The minimum atomic E-state index is 0.689. The van der Waals surface area contributed by atoms with E-state index in [-0.39, 0.29) is 0 Å². The summed E-state index contributed by atoms with van der Waals surface area (Å²) in [7, 11) is 2.02. The van der Waals surface area contributed by atoms with Gasteiger partial charge in [0.05, 0.1) is 6.20 Å². The van der Waals surface area contributed by atoms with Gasteiger partial charge in [-0.25, -0.2) is 0 Å². The van der Waals surface area contributed by atoms with E-state index in [0.717, 1.165) is 6.54 Å². The van der Waals surface area contributed by atoms with Gasteiger partial charge in [-0.05, 0) is 39.3 Å². The van der Waals surface area contributed by atoms with E-state index in [1.54, 1.807) is 0 Å². The van der Waals surface area contributed by atoms with Crippen LogP contribution >= 0.6 is 0 Å². The van der Waals surface area contributed by atoms with Crippen molar-refractivity contribution >= 4 is 0 Å². The Bertz CT molecular complexity index is 379. The van der Waals surface area contributed by atoms with E-state index in [4.69, 9.17) is 0 Å². The molecule has 108 valence electrons. The van der Waals surface area contributed by atoms with Gasteiger partial charge in [0.25, 0.3) is 0 Å². The molecule has 0 bridgehead atoms. The van der Waals surface area contributed by atoms with Crippen molar-refractivity contribution in [2.24, 2.45) is 7.05 Å². The van der Waals surface area contributed by atoms with Crippen LogP contribution in [0.1, 0.15) is 43.9 Å². The van der Waals surface area contributed by atoms with Gasteiger partial charge in [-0.1, -0.05) is 13.3 Å². The van der Waals surface area contributed by atoms with Crippen LogP contribution < -0.4 is 5.32 Å². The van der Waals surface area contributed by atoms with E-state index in [0.29, 0.717) is 6.04 Å². The monoisotopic (exact) mass is 264 g/mol. The van der Waals surface area contributed by atoms with Crippen LogP contribution in [-0.4, -0.2) is 40.4 Å². The summed E-state index contributed by atoms with van der Waals surface area (Å²) in [6.45, 7) is 9.03. The Morgan fingerprint density at radius 1 is 1.53 bits per heavy atom. The summed E-state index contributed by atoms with van der Waals surface area (Å²) in [5.74, 6) is 0. The Morgan fingerprint density at radius 2 is 2.37 bits per heavy atom. The summed E-state index contributed by atoms with van der Waals surface area (Å²) in [6.07, 6.45) is 7.23. The van der Waals surface area contributed by atoms with Crippen LogP contribution in [0.25, 0.3) is 0 Å². The highest BCUT2D eigenvalue weighted by Crippen LogP contribution is 2.13. The molecule has 0 amide bonds. The third-order valence-corrected chi connectivity index (χ3v) is 4.20. The van der Waals surface area contributed by atoms with Gasteiger partial charge in [0.2, 0.25) is 0 Å². The van der Waals surface area contributed by atoms with Gasteiger partial charge in [0, 0.05) is 37.4 Å². The first-order chi connectivity index (χ1) is 9.20. The van der Waals surface area contributed by atoms with Crippen molar-refractivity contribution in [3.8, 4) is 0 Å². The number of hydrogen-bond acceptors (Lipinski definition) is 3. The Hall–Kier alpha value is -0.870. The van der Waals surface area contributed by atoms with Gasteiger partial charge in [-0.3, -0.25) is 9.58 Å². The van der Waals surface area contributed by atoms with E-state index in [1.807, 2.05) is 17.9 Å². The predicted molar refractivity (Wildman–Crippen MR) is 79.2 cm³/mol. The molecule has 0 radical (unpaired) electrons. The van der Waals surface area contributed by atoms with Gasteiger partial charge in [-0.15, -0.1) is 0 Å². The van der Waals surface area contributed by atoms with E-state index < -0.39 is 0 Å². The number of hydrogen-bond donors (Lipinski definition) is 1. The molecule has 1 aliphatic heterocycles. The summed E-state index contributed by atoms with van der Waals surface area (Å²) in [6, 6.07) is 0.689. The second-order valence-electron chi connectivity index (χ2n) is 5.76. The number of nitrogens with zero attached hydrogens (tertiary/aromatic N) is 3. The molecule has 4 heteroatoms. The first-order valence-electron chi connectivity index (χ1n) is 7.64. The summed E-state index contributed by atoms with van der Waals surface area (Å²) in [5, 5.41) is 7.96. The molecule has 1 saturated heterocycles. The van der Waals surface area contributed by atoms with Crippen LogP contribution in [0.15, 0.2) is 6.20 Å². The fourth-order valence-electron chi connectivity index (χ4n) is 2.78. The lowest BCUT2D eigenvalue weighted by Gasteiger charge is -2.25. The Kier molecular flexibility index (Phi) is 5.40. The van der Waals surface area contributed by atoms with E-state index in [1.165, 1.54) is 56.6 Å². The molecular weight excluding hydrogens is 236 g/mol. The molecule has 0 spiro atoms. The molecule has 19 heavy (non-hydrogen) atoms. The summed E-state index contributed by atoms with van der Waals surface area (Å²) in [5.41, 5.74) is 2.66. The largest absolute Gasteiger partial charge is 0.313 e. The van der Waals surface area contributed by atoms with Crippen LogP contribution in [0.2, 0.25) is 0 Å². The molecule has 1 N–H and O–H groups in total.